The van der Waals surface area contributed by atoms with E-state index in [1.165, 1.54) is 16.7 Å². The van der Waals surface area contributed by atoms with Crippen molar-refractivity contribution in [1.29, 1.82) is 0 Å². The quantitative estimate of drug-likeness (QED) is 0.573. The number of anilines is 1. The summed E-state index contributed by atoms with van der Waals surface area (Å²) in [4.78, 5) is 0. The first kappa shape index (κ1) is 17.1. The Morgan fingerprint density at radius 2 is 1.56 bits per heavy atom. The molecule has 0 spiro atoms. The fourth-order valence-corrected chi connectivity index (χ4v) is 2.81. The lowest BCUT2D eigenvalue weighted by atomic mass is 10.1. The molecule has 0 aliphatic rings. The largest absolute Gasteiger partial charge is 0.489 e. The van der Waals surface area contributed by atoms with E-state index in [-0.39, 0.29) is 6.04 Å². The van der Waals surface area contributed by atoms with Gasteiger partial charge < -0.3 is 10.1 Å². The van der Waals surface area contributed by atoms with Gasteiger partial charge in [0.25, 0.3) is 0 Å². The number of benzene rings is 3. The number of hydrogen-bond acceptors (Lipinski definition) is 2. The molecule has 0 fully saturated rings. The van der Waals surface area contributed by atoms with Gasteiger partial charge in [-0.1, -0.05) is 61.5 Å². The number of hydrogen-bond donors (Lipinski definition) is 1. The molecular formula is C23H25NO. The second kappa shape index (κ2) is 8.39. The molecule has 1 N–H and O–H groups in total. The molecule has 0 saturated heterocycles. The minimum Gasteiger partial charge on any atom is -0.489 e. The molecule has 0 heterocycles. The molecule has 128 valence electrons. The molecule has 0 aliphatic carbocycles. The molecule has 2 heteroatoms. The van der Waals surface area contributed by atoms with E-state index in [2.05, 4.69) is 67.7 Å². The van der Waals surface area contributed by atoms with Crippen molar-refractivity contribution in [2.24, 2.45) is 0 Å². The Kier molecular flexibility index (Phi) is 5.73. The van der Waals surface area contributed by atoms with Crippen molar-refractivity contribution >= 4 is 5.69 Å². The van der Waals surface area contributed by atoms with Crippen molar-refractivity contribution < 1.29 is 4.74 Å². The third-order valence-corrected chi connectivity index (χ3v) is 4.35. The van der Waals surface area contributed by atoms with Gasteiger partial charge in [0.15, 0.2) is 0 Å². The zero-order valence-corrected chi connectivity index (χ0v) is 14.9. The van der Waals surface area contributed by atoms with Crippen LogP contribution in [0.15, 0.2) is 78.9 Å². The lowest BCUT2D eigenvalue weighted by molar-refractivity contribution is 0.306. The Morgan fingerprint density at radius 3 is 2.28 bits per heavy atom. The second-order valence-corrected chi connectivity index (χ2v) is 6.26. The maximum atomic E-state index is 5.85. The van der Waals surface area contributed by atoms with Crippen LogP contribution >= 0.6 is 0 Å². The van der Waals surface area contributed by atoms with Crippen LogP contribution in [0.25, 0.3) is 0 Å². The molecule has 3 rings (SSSR count). The van der Waals surface area contributed by atoms with E-state index in [0.717, 1.165) is 17.9 Å². The Bertz CT molecular complexity index is 781. The highest BCUT2D eigenvalue weighted by atomic mass is 16.5. The third kappa shape index (κ3) is 4.87. The molecule has 2 nitrogen and oxygen atoms in total. The zero-order chi connectivity index (χ0) is 17.5. The number of rotatable bonds is 7. The number of aryl methyl sites for hydroxylation is 1. The molecule has 1 atom stereocenters. The minimum absolute atomic E-state index is 0.246. The Balaban J connectivity index is 1.59. The molecule has 3 aromatic rings. The predicted octanol–water partition coefficient (Wildman–Crippen LogP) is 6.00. The average molecular weight is 331 g/mol. The minimum atomic E-state index is 0.246. The summed E-state index contributed by atoms with van der Waals surface area (Å²) in [5, 5.41) is 3.57. The predicted molar refractivity (Wildman–Crippen MR) is 105 cm³/mol. The van der Waals surface area contributed by atoms with Gasteiger partial charge in [-0.3, -0.25) is 0 Å². The average Bonchev–Trinajstić information content (AvgIpc) is 2.67. The summed E-state index contributed by atoms with van der Waals surface area (Å²) in [6, 6.07) is 27.4. The van der Waals surface area contributed by atoms with Gasteiger partial charge in [-0.05, 0) is 54.3 Å². The molecule has 25 heavy (non-hydrogen) atoms. The van der Waals surface area contributed by atoms with Crippen molar-refractivity contribution in [3.8, 4) is 5.75 Å². The van der Waals surface area contributed by atoms with E-state index >= 15 is 0 Å². The van der Waals surface area contributed by atoms with Crippen molar-refractivity contribution in [1.82, 2.24) is 0 Å². The highest BCUT2D eigenvalue weighted by Crippen LogP contribution is 2.23. The van der Waals surface area contributed by atoms with Crippen LogP contribution in [0.4, 0.5) is 5.69 Å². The van der Waals surface area contributed by atoms with E-state index in [9.17, 15) is 0 Å². The van der Waals surface area contributed by atoms with Crippen LogP contribution in [0.5, 0.6) is 5.75 Å². The lowest BCUT2D eigenvalue weighted by Gasteiger charge is -2.17. The van der Waals surface area contributed by atoms with E-state index in [0.29, 0.717) is 6.61 Å². The van der Waals surface area contributed by atoms with E-state index in [1.54, 1.807) is 0 Å². The fraction of sp³-hybridized carbons (Fsp3) is 0.217. The standard InChI is InChI=1S/C23H25NO/c1-3-19-10-7-11-22(16-19)24-18(2)21-12-14-23(15-13-21)25-17-20-8-5-4-6-9-20/h4-16,18,24H,3,17H2,1-2H3. The maximum Gasteiger partial charge on any atom is 0.119 e. The first-order valence-corrected chi connectivity index (χ1v) is 8.87. The van der Waals surface area contributed by atoms with Gasteiger partial charge in [-0.15, -0.1) is 0 Å². The first-order valence-electron chi connectivity index (χ1n) is 8.87. The summed E-state index contributed by atoms with van der Waals surface area (Å²) in [7, 11) is 0. The molecule has 1 unspecified atom stereocenters. The molecule has 0 bridgehead atoms. The molecule has 0 aliphatic heterocycles. The van der Waals surface area contributed by atoms with Crippen LogP contribution in [0.3, 0.4) is 0 Å². The molecule has 3 aromatic carbocycles. The third-order valence-electron chi connectivity index (χ3n) is 4.35. The van der Waals surface area contributed by atoms with Crippen molar-refractivity contribution in [2.75, 3.05) is 5.32 Å². The summed E-state index contributed by atoms with van der Waals surface area (Å²) < 4.78 is 5.85. The van der Waals surface area contributed by atoms with Crippen molar-refractivity contribution in [3.63, 3.8) is 0 Å². The van der Waals surface area contributed by atoms with Crippen LogP contribution in [0.1, 0.15) is 36.6 Å². The van der Waals surface area contributed by atoms with E-state index in [1.807, 2.05) is 30.3 Å². The topological polar surface area (TPSA) is 21.3 Å². The highest BCUT2D eigenvalue weighted by molar-refractivity contribution is 5.48. The van der Waals surface area contributed by atoms with Crippen LogP contribution in [-0.4, -0.2) is 0 Å². The number of ether oxygens (including phenoxy) is 1. The van der Waals surface area contributed by atoms with Gasteiger partial charge in [0.1, 0.15) is 12.4 Å². The molecule has 0 saturated carbocycles. The fourth-order valence-electron chi connectivity index (χ4n) is 2.81. The molecule has 0 amide bonds. The van der Waals surface area contributed by atoms with Gasteiger partial charge in [-0.2, -0.15) is 0 Å². The van der Waals surface area contributed by atoms with Crippen LogP contribution in [0, 0.1) is 0 Å². The Hall–Kier alpha value is -2.74. The molecular weight excluding hydrogens is 306 g/mol. The Morgan fingerprint density at radius 1 is 0.840 bits per heavy atom. The van der Waals surface area contributed by atoms with Gasteiger partial charge in [-0.25, -0.2) is 0 Å². The highest BCUT2D eigenvalue weighted by Gasteiger charge is 2.06. The van der Waals surface area contributed by atoms with Crippen molar-refractivity contribution in [3.05, 3.63) is 95.6 Å². The normalized spacial score (nSPS) is 11.8. The maximum absolute atomic E-state index is 5.85. The summed E-state index contributed by atoms with van der Waals surface area (Å²) in [6.07, 6.45) is 1.05. The summed E-state index contributed by atoms with van der Waals surface area (Å²) in [5.41, 5.74) is 4.93. The second-order valence-electron chi connectivity index (χ2n) is 6.26. The van der Waals surface area contributed by atoms with Gasteiger partial charge in [0.2, 0.25) is 0 Å². The lowest BCUT2D eigenvalue weighted by Crippen LogP contribution is -2.06. The molecule has 0 radical (unpaired) electrons. The van der Waals surface area contributed by atoms with Crippen LogP contribution in [0.2, 0.25) is 0 Å². The van der Waals surface area contributed by atoms with Crippen LogP contribution < -0.4 is 10.1 Å². The summed E-state index contributed by atoms with van der Waals surface area (Å²) >= 11 is 0. The number of nitrogens with one attached hydrogen (secondary N) is 1. The van der Waals surface area contributed by atoms with E-state index in [4.69, 9.17) is 4.74 Å². The molecule has 0 aromatic heterocycles. The smallest absolute Gasteiger partial charge is 0.119 e. The first-order chi connectivity index (χ1) is 12.2. The van der Waals surface area contributed by atoms with Gasteiger partial charge in [0, 0.05) is 11.7 Å². The van der Waals surface area contributed by atoms with Crippen LogP contribution in [-0.2, 0) is 13.0 Å². The van der Waals surface area contributed by atoms with Crippen molar-refractivity contribution in [2.45, 2.75) is 32.9 Å². The SMILES string of the molecule is CCc1cccc(NC(C)c2ccc(OCc3ccccc3)cc2)c1. The monoisotopic (exact) mass is 331 g/mol. The zero-order valence-electron chi connectivity index (χ0n) is 14.9. The van der Waals surface area contributed by atoms with Gasteiger partial charge in [0.05, 0.1) is 0 Å². The summed E-state index contributed by atoms with van der Waals surface area (Å²) in [5.74, 6) is 0.896. The van der Waals surface area contributed by atoms with E-state index < -0.39 is 0 Å². The summed E-state index contributed by atoms with van der Waals surface area (Å²) in [6.45, 7) is 4.95. The Labute approximate surface area is 150 Å². The van der Waals surface area contributed by atoms with Gasteiger partial charge >= 0.3 is 0 Å².